The van der Waals surface area contributed by atoms with Gasteiger partial charge in [0.2, 0.25) is 5.91 Å². The number of amides is 2. The van der Waals surface area contributed by atoms with Gasteiger partial charge in [0.15, 0.2) is 0 Å². The van der Waals surface area contributed by atoms with Crippen LogP contribution in [-0.2, 0) is 16.8 Å². The molecule has 4 rings (SSSR count). The second-order valence-corrected chi connectivity index (χ2v) is 9.21. The van der Waals surface area contributed by atoms with Gasteiger partial charge in [0.25, 0.3) is 5.91 Å². The van der Waals surface area contributed by atoms with Crippen molar-refractivity contribution in [1.29, 1.82) is 0 Å². The maximum Gasteiger partial charge on any atom is 0.253 e. The molecule has 1 N–H and O–H groups in total. The molecule has 0 unspecified atom stereocenters. The first-order valence-corrected chi connectivity index (χ1v) is 11.5. The Hall–Kier alpha value is -2.37. The molecule has 0 atom stereocenters. The minimum atomic E-state index is -0.470. The third-order valence-electron chi connectivity index (χ3n) is 6.73. The van der Waals surface area contributed by atoms with Crippen molar-refractivity contribution in [2.75, 3.05) is 33.2 Å². The highest BCUT2D eigenvalue weighted by Crippen LogP contribution is 2.41. The number of likely N-dealkylation sites (N-methyl/N-ethyl adjacent to an activating group) is 1. The standard InChI is InChI=1S/C25H30ClN3O2/c1-28-14-16-29(17-15-28)23(30)20-6-4-19(5-7-20)18-27-24(31)25(12-2-3-13-25)21-8-10-22(26)11-9-21/h4-11H,2-3,12-18H2,1H3,(H,27,31). The van der Waals surface area contributed by atoms with Crippen molar-refractivity contribution in [3.05, 3.63) is 70.2 Å². The van der Waals surface area contributed by atoms with Gasteiger partial charge in [-0.1, -0.05) is 48.7 Å². The lowest BCUT2D eigenvalue weighted by molar-refractivity contribution is -0.126. The highest BCUT2D eigenvalue weighted by Gasteiger charge is 2.42. The molecule has 1 saturated carbocycles. The molecule has 0 radical (unpaired) electrons. The van der Waals surface area contributed by atoms with Crippen molar-refractivity contribution >= 4 is 23.4 Å². The van der Waals surface area contributed by atoms with Gasteiger partial charge >= 0.3 is 0 Å². The fraction of sp³-hybridized carbons (Fsp3) is 0.440. The zero-order valence-corrected chi connectivity index (χ0v) is 18.8. The van der Waals surface area contributed by atoms with Crippen molar-refractivity contribution in [3.63, 3.8) is 0 Å². The molecule has 2 aliphatic rings. The van der Waals surface area contributed by atoms with Crippen LogP contribution in [0.5, 0.6) is 0 Å². The van der Waals surface area contributed by atoms with E-state index >= 15 is 0 Å². The second kappa shape index (κ2) is 9.41. The van der Waals surface area contributed by atoms with E-state index in [-0.39, 0.29) is 11.8 Å². The summed E-state index contributed by atoms with van der Waals surface area (Å²) in [5.41, 5.74) is 2.27. The number of hydrogen-bond acceptors (Lipinski definition) is 3. The number of carbonyl (C=O) groups excluding carboxylic acids is 2. The number of halogens is 1. The first-order chi connectivity index (χ1) is 15.0. The molecule has 164 valence electrons. The summed E-state index contributed by atoms with van der Waals surface area (Å²) in [4.78, 5) is 30.1. The number of benzene rings is 2. The molecule has 2 aromatic carbocycles. The van der Waals surface area contributed by atoms with E-state index in [2.05, 4.69) is 17.3 Å². The molecule has 1 saturated heterocycles. The Labute approximate surface area is 189 Å². The predicted octanol–water partition coefficient (Wildman–Crippen LogP) is 3.86. The number of carbonyl (C=O) groups is 2. The summed E-state index contributed by atoms with van der Waals surface area (Å²) in [6.45, 7) is 3.80. The monoisotopic (exact) mass is 439 g/mol. The van der Waals surface area contributed by atoms with Crippen LogP contribution in [0.25, 0.3) is 0 Å². The first kappa shape index (κ1) is 21.8. The number of nitrogens with one attached hydrogen (secondary N) is 1. The molecule has 0 bridgehead atoms. The van der Waals surface area contributed by atoms with Crippen molar-refractivity contribution in [2.24, 2.45) is 0 Å². The molecular weight excluding hydrogens is 410 g/mol. The fourth-order valence-corrected chi connectivity index (χ4v) is 4.83. The van der Waals surface area contributed by atoms with Crippen molar-refractivity contribution in [2.45, 2.75) is 37.6 Å². The maximum atomic E-state index is 13.2. The summed E-state index contributed by atoms with van der Waals surface area (Å²) in [6.07, 6.45) is 3.83. The quantitative estimate of drug-likeness (QED) is 0.769. The van der Waals surface area contributed by atoms with Gasteiger partial charge in [-0.15, -0.1) is 0 Å². The SMILES string of the molecule is CN1CCN(C(=O)c2ccc(CNC(=O)C3(c4ccc(Cl)cc4)CCCC3)cc2)CC1. The molecule has 2 fully saturated rings. The Morgan fingerprint density at radius 2 is 1.55 bits per heavy atom. The number of hydrogen-bond donors (Lipinski definition) is 1. The molecule has 1 aliphatic carbocycles. The third-order valence-corrected chi connectivity index (χ3v) is 6.98. The Balaban J connectivity index is 1.38. The zero-order valence-electron chi connectivity index (χ0n) is 18.1. The Morgan fingerprint density at radius 1 is 0.935 bits per heavy atom. The van der Waals surface area contributed by atoms with Gasteiger partial charge in [0.1, 0.15) is 0 Å². The van der Waals surface area contributed by atoms with Gasteiger partial charge in [-0.2, -0.15) is 0 Å². The Kier molecular flexibility index (Phi) is 6.63. The largest absolute Gasteiger partial charge is 0.351 e. The minimum absolute atomic E-state index is 0.0740. The average molecular weight is 440 g/mol. The van der Waals surface area contributed by atoms with Gasteiger partial charge < -0.3 is 15.1 Å². The summed E-state index contributed by atoms with van der Waals surface area (Å²) in [7, 11) is 2.08. The Bertz CT molecular complexity index is 913. The molecule has 2 aromatic rings. The van der Waals surface area contributed by atoms with Gasteiger partial charge in [0, 0.05) is 43.3 Å². The van der Waals surface area contributed by atoms with Crippen LogP contribution in [0, 0.1) is 0 Å². The van der Waals surface area contributed by atoms with E-state index in [0.717, 1.165) is 63.0 Å². The highest BCUT2D eigenvalue weighted by molar-refractivity contribution is 6.30. The smallest absolute Gasteiger partial charge is 0.253 e. The molecule has 31 heavy (non-hydrogen) atoms. The molecule has 2 amide bonds. The summed E-state index contributed by atoms with van der Waals surface area (Å²) in [5, 5.41) is 3.82. The topological polar surface area (TPSA) is 52.6 Å². The summed E-state index contributed by atoms with van der Waals surface area (Å²) in [5.74, 6) is 0.154. The third kappa shape index (κ3) is 4.78. The van der Waals surface area contributed by atoms with Crippen LogP contribution >= 0.6 is 11.6 Å². The molecule has 1 aliphatic heterocycles. The van der Waals surface area contributed by atoms with Crippen LogP contribution in [0.2, 0.25) is 5.02 Å². The molecule has 5 nitrogen and oxygen atoms in total. The van der Waals surface area contributed by atoms with Crippen molar-refractivity contribution < 1.29 is 9.59 Å². The normalized spacial score (nSPS) is 18.7. The first-order valence-electron chi connectivity index (χ1n) is 11.1. The highest BCUT2D eigenvalue weighted by atomic mass is 35.5. The van der Waals surface area contributed by atoms with E-state index in [9.17, 15) is 9.59 Å². The second-order valence-electron chi connectivity index (χ2n) is 8.77. The van der Waals surface area contributed by atoms with Crippen molar-refractivity contribution in [1.82, 2.24) is 15.1 Å². The van der Waals surface area contributed by atoms with Crippen LogP contribution in [0.3, 0.4) is 0 Å². The van der Waals surface area contributed by atoms with E-state index in [4.69, 9.17) is 11.6 Å². The maximum absolute atomic E-state index is 13.2. The average Bonchev–Trinajstić information content (AvgIpc) is 3.29. The van der Waals surface area contributed by atoms with Gasteiger partial charge in [-0.25, -0.2) is 0 Å². The number of nitrogens with zero attached hydrogens (tertiary/aromatic N) is 2. The lowest BCUT2D eigenvalue weighted by atomic mass is 9.78. The van der Waals surface area contributed by atoms with Gasteiger partial charge in [-0.3, -0.25) is 9.59 Å². The van der Waals surface area contributed by atoms with E-state index in [0.29, 0.717) is 17.1 Å². The van der Waals surface area contributed by atoms with Crippen LogP contribution in [0.15, 0.2) is 48.5 Å². The summed E-state index contributed by atoms with van der Waals surface area (Å²) in [6, 6.07) is 15.3. The number of piperazine rings is 1. The van der Waals surface area contributed by atoms with E-state index in [1.54, 1.807) is 0 Å². The molecule has 0 aromatic heterocycles. The summed E-state index contributed by atoms with van der Waals surface area (Å²) < 4.78 is 0. The number of rotatable bonds is 5. The molecule has 0 spiro atoms. The van der Waals surface area contributed by atoms with E-state index in [1.165, 1.54) is 0 Å². The van der Waals surface area contributed by atoms with Crippen molar-refractivity contribution in [3.8, 4) is 0 Å². The lowest BCUT2D eigenvalue weighted by Crippen LogP contribution is -2.47. The lowest BCUT2D eigenvalue weighted by Gasteiger charge is -2.32. The van der Waals surface area contributed by atoms with Gasteiger partial charge in [0.05, 0.1) is 5.41 Å². The molecule has 6 heteroatoms. The zero-order chi connectivity index (χ0) is 21.8. The summed E-state index contributed by atoms with van der Waals surface area (Å²) >= 11 is 6.05. The fourth-order valence-electron chi connectivity index (χ4n) is 4.70. The molecular formula is C25H30ClN3O2. The predicted molar refractivity (Wildman–Crippen MR) is 123 cm³/mol. The Morgan fingerprint density at radius 3 is 2.16 bits per heavy atom. The van der Waals surface area contributed by atoms with E-state index in [1.807, 2.05) is 53.4 Å². The van der Waals surface area contributed by atoms with Gasteiger partial charge in [-0.05, 0) is 55.3 Å². The van der Waals surface area contributed by atoms with E-state index < -0.39 is 5.41 Å². The van der Waals surface area contributed by atoms with Crippen LogP contribution in [0.1, 0.15) is 47.2 Å². The van der Waals surface area contributed by atoms with Crippen LogP contribution in [-0.4, -0.2) is 54.8 Å². The van der Waals surface area contributed by atoms with Crippen LogP contribution in [0.4, 0.5) is 0 Å². The van der Waals surface area contributed by atoms with Crippen LogP contribution < -0.4 is 5.32 Å². The minimum Gasteiger partial charge on any atom is -0.351 e. The molecule has 1 heterocycles.